The van der Waals surface area contributed by atoms with E-state index in [1.165, 1.54) is 0 Å². The van der Waals surface area contributed by atoms with Crippen molar-refractivity contribution in [1.29, 1.82) is 0 Å². The van der Waals surface area contributed by atoms with Crippen molar-refractivity contribution in [3.8, 4) is 0 Å². The molecule has 0 spiro atoms. The molecule has 0 bridgehead atoms. The fourth-order valence-corrected chi connectivity index (χ4v) is 7.95. The molecule has 2 fully saturated rings. The molecule has 3 heterocycles. The highest BCUT2D eigenvalue weighted by Gasteiger charge is 2.58. The molecule has 3 aromatic carbocycles. The maximum Gasteiger partial charge on any atom is 0.373 e. The predicted octanol–water partition coefficient (Wildman–Crippen LogP) is 6.96. The van der Waals surface area contributed by atoms with E-state index in [1.807, 2.05) is 37.3 Å². The molecule has 4 aromatic rings. The van der Waals surface area contributed by atoms with Gasteiger partial charge in [-0.2, -0.15) is 0 Å². The first kappa shape index (κ1) is 27.2. The Morgan fingerprint density at radius 3 is 2.73 bits per heavy atom. The number of likely N-dealkylation sites (tertiary alicyclic amines) is 1. The highest BCUT2D eigenvalue weighted by atomic mass is 79.9. The summed E-state index contributed by atoms with van der Waals surface area (Å²) in [6, 6.07) is 16.0. The predicted molar refractivity (Wildman–Crippen MR) is 164 cm³/mol. The Labute approximate surface area is 252 Å². The van der Waals surface area contributed by atoms with Gasteiger partial charge in [0.05, 0.1) is 21.5 Å². The third kappa shape index (κ3) is 4.64. The number of amides is 1. The van der Waals surface area contributed by atoms with Crippen LogP contribution in [0.15, 0.2) is 59.1 Å². The standard InChI is InChI=1S/C31H28BrClFN4O2P/c1-16-6-9-18(33)12-22(16)36-31(39)29-26(20-4-3-5-21(32)28(20)34)27-25(37(29)14-17-7-8-17)15-38-24-11-10-19(41(2)40)13-23(24)35-30(27)38/h3-6,9-13,17,25-27,29H,7-8,14-15H2,1-2H3/p+1/t25-,26?,27+,29?/m0/s1. The fraction of sp³-hybridized carbons (Fsp3) is 0.355. The van der Waals surface area contributed by atoms with E-state index in [-0.39, 0.29) is 23.7 Å². The van der Waals surface area contributed by atoms with Crippen LogP contribution in [0.25, 0.3) is 11.0 Å². The van der Waals surface area contributed by atoms with Gasteiger partial charge in [0.15, 0.2) is 5.30 Å². The molecule has 3 aliphatic rings. The normalized spacial score (nSPS) is 24.0. The van der Waals surface area contributed by atoms with E-state index in [2.05, 4.69) is 30.7 Å². The molecule has 1 aromatic heterocycles. The van der Waals surface area contributed by atoms with E-state index in [4.69, 9.17) is 16.6 Å². The third-order valence-electron chi connectivity index (χ3n) is 8.95. The number of anilines is 1. The van der Waals surface area contributed by atoms with Gasteiger partial charge in [0.1, 0.15) is 18.3 Å². The van der Waals surface area contributed by atoms with Gasteiger partial charge in [-0.15, -0.1) is 0 Å². The van der Waals surface area contributed by atoms with Crippen molar-refractivity contribution in [2.45, 2.75) is 50.2 Å². The van der Waals surface area contributed by atoms with E-state index in [0.29, 0.717) is 33.2 Å². The minimum Gasteiger partial charge on any atom is -0.326 e. The first-order valence-electron chi connectivity index (χ1n) is 13.9. The summed E-state index contributed by atoms with van der Waals surface area (Å²) in [6.07, 6.45) is 2.27. The number of hydrogen-bond acceptors (Lipinski definition) is 4. The van der Waals surface area contributed by atoms with E-state index >= 15 is 4.39 Å². The molecule has 1 saturated carbocycles. The summed E-state index contributed by atoms with van der Waals surface area (Å²) in [5, 5.41) is 4.45. The number of halogens is 3. The van der Waals surface area contributed by atoms with E-state index in [9.17, 15) is 9.36 Å². The van der Waals surface area contributed by atoms with Gasteiger partial charge in [-0.05, 0) is 83.1 Å². The molecule has 41 heavy (non-hydrogen) atoms. The van der Waals surface area contributed by atoms with E-state index in [1.54, 1.807) is 30.9 Å². The molecule has 3 unspecified atom stereocenters. The molecule has 6 nitrogen and oxygen atoms in total. The molecule has 1 saturated heterocycles. The van der Waals surface area contributed by atoms with Crippen molar-refractivity contribution in [2.24, 2.45) is 5.92 Å². The lowest BCUT2D eigenvalue weighted by atomic mass is 9.81. The Hall–Kier alpha value is -2.64. The van der Waals surface area contributed by atoms with E-state index in [0.717, 1.165) is 47.1 Å². The second kappa shape index (κ2) is 10.3. The van der Waals surface area contributed by atoms with Crippen LogP contribution in [0.4, 0.5) is 10.1 Å². The van der Waals surface area contributed by atoms with Crippen molar-refractivity contribution in [3.63, 3.8) is 0 Å². The fourth-order valence-electron chi connectivity index (χ4n) is 6.81. The number of nitrogens with one attached hydrogen (secondary N) is 1. The number of aromatic nitrogens is 2. The zero-order valence-electron chi connectivity index (χ0n) is 22.7. The van der Waals surface area contributed by atoms with Crippen molar-refractivity contribution in [3.05, 3.63) is 86.9 Å². The van der Waals surface area contributed by atoms with Crippen LogP contribution in [0.2, 0.25) is 5.02 Å². The van der Waals surface area contributed by atoms with Gasteiger partial charge in [-0.25, -0.2) is 9.37 Å². The Balaban J connectivity index is 1.38. The van der Waals surface area contributed by atoms with Crippen LogP contribution in [0.1, 0.15) is 41.6 Å². The monoisotopic (exact) mass is 653 g/mol. The van der Waals surface area contributed by atoms with Crippen LogP contribution in [-0.4, -0.2) is 45.7 Å². The molecule has 210 valence electrons. The zero-order valence-corrected chi connectivity index (χ0v) is 25.9. The number of rotatable bonds is 6. The van der Waals surface area contributed by atoms with Crippen molar-refractivity contribution < 1.29 is 13.8 Å². The smallest absolute Gasteiger partial charge is 0.326 e. The third-order valence-corrected chi connectivity index (χ3v) is 10.8. The average Bonchev–Trinajstić information content (AvgIpc) is 3.48. The highest BCUT2D eigenvalue weighted by molar-refractivity contribution is 9.10. The molecule has 2 aliphatic heterocycles. The van der Waals surface area contributed by atoms with Crippen molar-refractivity contribution >= 4 is 63.3 Å². The Morgan fingerprint density at radius 1 is 1.17 bits per heavy atom. The number of imidazole rings is 1. The number of carbonyl (C=O) groups is 1. The molecular formula is C31H29BrClFN4O2P+. The summed E-state index contributed by atoms with van der Waals surface area (Å²) in [6.45, 7) is 5.07. The Bertz CT molecular complexity index is 1740. The first-order valence-corrected chi connectivity index (χ1v) is 16.8. The molecule has 0 radical (unpaired) electrons. The molecule has 1 N–H and O–H groups in total. The van der Waals surface area contributed by atoms with Crippen LogP contribution in [0, 0.1) is 18.7 Å². The van der Waals surface area contributed by atoms with Crippen LogP contribution < -0.4 is 10.6 Å². The quantitative estimate of drug-likeness (QED) is 0.228. The van der Waals surface area contributed by atoms with Gasteiger partial charge in [-0.1, -0.05) is 34.4 Å². The molecule has 1 amide bonds. The van der Waals surface area contributed by atoms with Crippen LogP contribution in [-0.2, 0) is 15.9 Å². The summed E-state index contributed by atoms with van der Waals surface area (Å²) in [4.78, 5) is 21.7. The average molecular weight is 655 g/mol. The number of benzene rings is 3. The summed E-state index contributed by atoms with van der Waals surface area (Å²) >= 11 is 9.67. The maximum atomic E-state index is 15.9. The lowest BCUT2D eigenvalue weighted by Crippen LogP contribution is -2.47. The summed E-state index contributed by atoms with van der Waals surface area (Å²) in [7, 11) is -1.50. The van der Waals surface area contributed by atoms with Gasteiger partial charge in [0.2, 0.25) is 5.91 Å². The largest absolute Gasteiger partial charge is 0.373 e. The first-order chi connectivity index (χ1) is 19.7. The van der Waals surface area contributed by atoms with Crippen molar-refractivity contribution in [2.75, 3.05) is 18.5 Å². The molecular weight excluding hydrogens is 626 g/mol. The lowest BCUT2D eigenvalue weighted by molar-refractivity contribution is -0.121. The SMILES string of the molecule is Cc1ccc(Cl)cc1NC(=O)C1C(c2cccc(Br)c2F)[C@@H]2c3nc4cc([P+](C)=O)ccc4n3C[C@@H]2N1CC1CC1. The van der Waals surface area contributed by atoms with Gasteiger partial charge in [-0.3, -0.25) is 9.69 Å². The minimum atomic E-state index is -1.50. The second-order valence-electron chi connectivity index (χ2n) is 11.5. The lowest BCUT2D eigenvalue weighted by Gasteiger charge is -2.31. The zero-order chi connectivity index (χ0) is 28.6. The van der Waals surface area contributed by atoms with Gasteiger partial charge in [0, 0.05) is 47.7 Å². The number of fused-ring (bicyclic) bond motifs is 5. The van der Waals surface area contributed by atoms with Crippen molar-refractivity contribution in [1.82, 2.24) is 14.5 Å². The second-order valence-corrected chi connectivity index (χ2v) is 14.3. The molecule has 1 aliphatic carbocycles. The van der Waals surface area contributed by atoms with Crippen LogP contribution in [0.3, 0.4) is 0 Å². The van der Waals surface area contributed by atoms with E-state index < -0.39 is 19.8 Å². The number of nitrogens with zero attached hydrogens (tertiary/aromatic N) is 3. The van der Waals surface area contributed by atoms with Gasteiger partial charge < -0.3 is 9.88 Å². The highest BCUT2D eigenvalue weighted by Crippen LogP contribution is 2.54. The molecule has 7 rings (SSSR count). The van der Waals surface area contributed by atoms with Crippen LogP contribution in [0.5, 0.6) is 0 Å². The maximum absolute atomic E-state index is 15.9. The van der Waals surface area contributed by atoms with Gasteiger partial charge >= 0.3 is 7.80 Å². The summed E-state index contributed by atoms with van der Waals surface area (Å²) < 4.78 is 30.8. The van der Waals surface area contributed by atoms with Gasteiger partial charge in [0.25, 0.3) is 0 Å². The minimum absolute atomic E-state index is 0.00965. The Morgan fingerprint density at radius 2 is 1.98 bits per heavy atom. The summed E-state index contributed by atoms with van der Waals surface area (Å²) in [5.41, 5.74) is 3.84. The Kier molecular flexibility index (Phi) is 6.81. The molecule has 5 atom stereocenters. The number of aryl methyl sites for hydroxylation is 1. The number of carbonyl (C=O) groups excluding carboxylic acids is 1. The topological polar surface area (TPSA) is 67.2 Å². The number of hydrogen-bond donors (Lipinski definition) is 1. The molecule has 10 heteroatoms. The van der Waals surface area contributed by atoms with Crippen LogP contribution >= 0.6 is 35.3 Å². The summed E-state index contributed by atoms with van der Waals surface area (Å²) in [5.74, 6) is 0.214.